The van der Waals surface area contributed by atoms with Gasteiger partial charge in [-0.25, -0.2) is 8.78 Å². The minimum Gasteiger partial charge on any atom is -0.370 e. The molecule has 13 heteroatoms. The smallest absolute Gasteiger partial charge is 0.261 e. The predicted molar refractivity (Wildman–Crippen MR) is 171 cm³/mol. The molecule has 3 aromatic rings. The highest BCUT2D eigenvalue weighted by molar-refractivity contribution is 6.36. The molecule has 5 rings (SSSR count). The van der Waals surface area contributed by atoms with Crippen LogP contribution in [0.15, 0.2) is 48.5 Å². The van der Waals surface area contributed by atoms with Gasteiger partial charge in [0, 0.05) is 59.5 Å². The number of carbonyl (C=O) groups is 3. The number of halogens is 5. The number of likely N-dealkylation sites (tertiary alicyclic amines) is 2. The number of carbonyl (C=O) groups excluding carboxylic acids is 3. The van der Waals surface area contributed by atoms with Crippen molar-refractivity contribution in [3.05, 3.63) is 74.9 Å². The van der Waals surface area contributed by atoms with Crippen LogP contribution in [0.4, 0.5) is 8.78 Å². The maximum absolute atomic E-state index is 14.3. The van der Waals surface area contributed by atoms with Gasteiger partial charge in [0.1, 0.15) is 5.54 Å². The monoisotopic (exact) mass is 679 g/mol. The Morgan fingerprint density at radius 1 is 0.844 bits per heavy atom. The van der Waals surface area contributed by atoms with E-state index in [0.717, 1.165) is 5.69 Å². The Labute approximate surface area is 275 Å². The highest BCUT2D eigenvalue weighted by Crippen LogP contribution is 2.40. The van der Waals surface area contributed by atoms with Crippen LogP contribution in [0, 0.1) is 0 Å². The van der Waals surface area contributed by atoms with Gasteiger partial charge in [-0.1, -0.05) is 34.8 Å². The fourth-order valence-corrected chi connectivity index (χ4v) is 7.06. The molecule has 0 saturated carbocycles. The number of benzene rings is 2. The molecule has 0 unspecified atom stereocenters. The maximum Gasteiger partial charge on any atom is 0.261 e. The molecule has 8 nitrogen and oxygen atoms in total. The lowest BCUT2D eigenvalue weighted by Crippen LogP contribution is -2.62. The van der Waals surface area contributed by atoms with Crippen LogP contribution in [-0.2, 0) is 16.0 Å². The molecule has 4 N–H and O–H groups in total. The van der Waals surface area contributed by atoms with E-state index in [2.05, 4.69) is 0 Å². The predicted octanol–water partition coefficient (Wildman–Crippen LogP) is 6.10. The zero-order chi connectivity index (χ0) is 32.5. The van der Waals surface area contributed by atoms with E-state index in [-0.39, 0.29) is 51.2 Å². The van der Waals surface area contributed by atoms with Gasteiger partial charge >= 0.3 is 0 Å². The zero-order valence-electron chi connectivity index (χ0n) is 24.5. The quantitative estimate of drug-likeness (QED) is 0.252. The number of piperidine rings is 1. The van der Waals surface area contributed by atoms with E-state index in [1.165, 1.54) is 4.90 Å². The van der Waals surface area contributed by atoms with Crippen LogP contribution in [0.1, 0.15) is 54.6 Å². The van der Waals surface area contributed by atoms with Crippen molar-refractivity contribution in [3.63, 3.8) is 0 Å². The number of nitrogens with zero attached hydrogens (tertiary/aromatic N) is 3. The van der Waals surface area contributed by atoms with Crippen LogP contribution in [0.25, 0.3) is 16.9 Å². The Bertz CT molecular complexity index is 1600. The van der Waals surface area contributed by atoms with E-state index in [0.29, 0.717) is 56.8 Å². The normalized spacial score (nSPS) is 17.8. The number of hydrogen-bond acceptors (Lipinski definition) is 4. The van der Waals surface area contributed by atoms with Crippen LogP contribution in [-0.4, -0.2) is 69.7 Å². The van der Waals surface area contributed by atoms with Crippen LogP contribution in [0.3, 0.4) is 0 Å². The standard InChI is InChI=1S/C32H34Cl3F2N5O3/c33-20-5-8-22(9-6-20)42-26(3-1-2-4-28(38)43)24(18-27(42)23-10-7-21(34)17-25(23)35)29(44)40-14-11-31(12-15-40,30(39)45)41-16-13-32(36,37)19-41/h5-10,17-18H,1-4,11-16,19H2,(H2,38,43)(H2,39,45). The van der Waals surface area contributed by atoms with Gasteiger partial charge in [-0.15, -0.1) is 0 Å². The lowest BCUT2D eigenvalue weighted by atomic mass is 9.84. The van der Waals surface area contributed by atoms with Crippen molar-refractivity contribution in [2.45, 2.75) is 56.4 Å². The molecule has 0 spiro atoms. The molecule has 3 amide bonds. The largest absolute Gasteiger partial charge is 0.370 e. The first-order valence-corrected chi connectivity index (χ1v) is 15.9. The summed E-state index contributed by atoms with van der Waals surface area (Å²) in [5, 5.41) is 1.39. The van der Waals surface area contributed by atoms with Gasteiger partial charge in [0.05, 0.1) is 22.8 Å². The summed E-state index contributed by atoms with van der Waals surface area (Å²) in [4.78, 5) is 41.5. The number of amides is 3. The van der Waals surface area contributed by atoms with E-state index in [4.69, 9.17) is 46.3 Å². The lowest BCUT2D eigenvalue weighted by molar-refractivity contribution is -0.133. The molecule has 1 aromatic heterocycles. The third-order valence-electron chi connectivity index (χ3n) is 8.82. The van der Waals surface area contributed by atoms with E-state index in [9.17, 15) is 23.2 Å². The Morgan fingerprint density at radius 2 is 1.51 bits per heavy atom. The topological polar surface area (TPSA) is 115 Å². The number of hydrogen-bond donors (Lipinski definition) is 2. The average Bonchev–Trinajstić information content (AvgIpc) is 3.55. The molecule has 0 atom stereocenters. The van der Waals surface area contributed by atoms with Gasteiger partial charge in [-0.05, 0) is 80.6 Å². The maximum atomic E-state index is 14.3. The first-order valence-electron chi connectivity index (χ1n) is 14.8. The molecule has 3 heterocycles. The summed E-state index contributed by atoms with van der Waals surface area (Å²) < 4.78 is 30.2. The molecule has 45 heavy (non-hydrogen) atoms. The number of rotatable bonds is 10. The first-order chi connectivity index (χ1) is 21.3. The van der Waals surface area contributed by atoms with Crippen molar-refractivity contribution in [1.82, 2.24) is 14.4 Å². The molecule has 240 valence electrons. The average molecular weight is 681 g/mol. The molecule has 2 saturated heterocycles. The van der Waals surface area contributed by atoms with Crippen molar-refractivity contribution >= 4 is 52.5 Å². The number of aromatic nitrogens is 1. The molecular formula is C32H34Cl3F2N5O3. The van der Waals surface area contributed by atoms with Crippen LogP contribution in [0.5, 0.6) is 0 Å². The fraction of sp³-hybridized carbons (Fsp3) is 0.406. The fourth-order valence-electron chi connectivity index (χ4n) is 6.42. The molecule has 0 radical (unpaired) electrons. The van der Waals surface area contributed by atoms with Gasteiger partial charge in [-0.3, -0.25) is 19.3 Å². The third-order valence-corrected chi connectivity index (χ3v) is 9.62. The molecular weight excluding hydrogens is 647 g/mol. The van der Waals surface area contributed by atoms with Crippen molar-refractivity contribution in [2.24, 2.45) is 11.5 Å². The summed E-state index contributed by atoms with van der Waals surface area (Å²) in [6.45, 7) is -0.148. The minimum absolute atomic E-state index is 0.0640. The lowest BCUT2D eigenvalue weighted by Gasteiger charge is -2.45. The SMILES string of the molecule is NC(=O)CCCCc1c(C(=O)N2CCC(C(N)=O)(N3CCC(F)(F)C3)CC2)cc(-c2ccc(Cl)cc2Cl)n1-c1ccc(Cl)cc1. The molecule has 2 fully saturated rings. The molecule has 2 aromatic carbocycles. The summed E-state index contributed by atoms with van der Waals surface area (Å²) >= 11 is 19.1. The second kappa shape index (κ2) is 13.3. The minimum atomic E-state index is -2.89. The number of unbranched alkanes of at least 4 members (excludes halogenated alkanes) is 1. The Balaban J connectivity index is 1.54. The van der Waals surface area contributed by atoms with E-state index in [1.807, 2.05) is 16.7 Å². The van der Waals surface area contributed by atoms with Gasteiger partial charge in [-0.2, -0.15) is 0 Å². The van der Waals surface area contributed by atoms with E-state index < -0.39 is 29.8 Å². The Hall–Kier alpha value is -3.18. The van der Waals surface area contributed by atoms with Crippen molar-refractivity contribution in [2.75, 3.05) is 26.2 Å². The molecule has 0 bridgehead atoms. The summed E-state index contributed by atoms with van der Waals surface area (Å²) in [5.41, 5.74) is 13.1. The number of nitrogens with two attached hydrogens (primary N) is 2. The molecule has 2 aliphatic heterocycles. The molecule has 0 aliphatic carbocycles. The van der Waals surface area contributed by atoms with Gasteiger partial charge in [0.2, 0.25) is 11.8 Å². The van der Waals surface area contributed by atoms with Crippen LogP contribution < -0.4 is 11.5 Å². The Morgan fingerprint density at radius 3 is 2.09 bits per heavy atom. The Kier molecular flexibility index (Phi) is 9.79. The summed E-state index contributed by atoms with van der Waals surface area (Å²) in [5.74, 6) is -4.22. The zero-order valence-corrected chi connectivity index (χ0v) is 26.8. The molecule has 2 aliphatic rings. The first kappa shape index (κ1) is 33.2. The van der Waals surface area contributed by atoms with Crippen molar-refractivity contribution in [1.29, 1.82) is 0 Å². The summed E-state index contributed by atoms with van der Waals surface area (Å²) in [7, 11) is 0. The van der Waals surface area contributed by atoms with Gasteiger partial charge in [0.25, 0.3) is 11.8 Å². The number of alkyl halides is 2. The second-order valence-electron chi connectivity index (χ2n) is 11.7. The summed E-state index contributed by atoms with van der Waals surface area (Å²) in [6.07, 6.45) is 1.69. The number of primary amides is 2. The van der Waals surface area contributed by atoms with E-state index >= 15 is 0 Å². The summed E-state index contributed by atoms with van der Waals surface area (Å²) in [6, 6.07) is 14.1. The second-order valence-corrected chi connectivity index (χ2v) is 13.0. The third kappa shape index (κ3) is 6.99. The van der Waals surface area contributed by atoms with Crippen LogP contribution in [0.2, 0.25) is 15.1 Å². The van der Waals surface area contributed by atoms with E-state index in [1.54, 1.807) is 41.3 Å². The highest BCUT2D eigenvalue weighted by Gasteiger charge is 2.52. The van der Waals surface area contributed by atoms with Gasteiger partial charge < -0.3 is 20.9 Å². The van der Waals surface area contributed by atoms with Crippen molar-refractivity contribution < 1.29 is 23.2 Å². The van der Waals surface area contributed by atoms with Gasteiger partial charge in [0.15, 0.2) is 0 Å². The van der Waals surface area contributed by atoms with Crippen molar-refractivity contribution in [3.8, 4) is 16.9 Å². The van der Waals surface area contributed by atoms with Crippen LogP contribution >= 0.6 is 34.8 Å². The highest BCUT2D eigenvalue weighted by atomic mass is 35.5.